The van der Waals surface area contributed by atoms with E-state index in [1.807, 2.05) is 12.1 Å². The molecular weight excluding hydrogens is 385 g/mol. The summed E-state index contributed by atoms with van der Waals surface area (Å²) in [6.07, 6.45) is -2.61. The third kappa shape index (κ3) is 4.42. The molecule has 0 unspecified atom stereocenters. The van der Waals surface area contributed by atoms with Crippen LogP contribution in [-0.4, -0.2) is 25.5 Å². The normalized spacial score (nSPS) is 15.7. The zero-order valence-corrected chi connectivity index (χ0v) is 15.9. The van der Waals surface area contributed by atoms with Crippen molar-refractivity contribution in [3.05, 3.63) is 59.5 Å². The number of hydrogen-bond donors (Lipinski definition) is 1. The van der Waals surface area contributed by atoms with Gasteiger partial charge in [-0.1, -0.05) is 18.2 Å². The minimum absolute atomic E-state index is 0.194. The van der Waals surface area contributed by atoms with Crippen LogP contribution in [0, 0.1) is 6.07 Å². The lowest BCUT2D eigenvalue weighted by Gasteiger charge is -2.36. The molecule has 0 aliphatic carbocycles. The van der Waals surface area contributed by atoms with Gasteiger partial charge in [0.15, 0.2) is 0 Å². The van der Waals surface area contributed by atoms with Gasteiger partial charge in [0.05, 0.1) is 5.69 Å². The molecule has 0 atom stereocenters. The summed E-state index contributed by atoms with van der Waals surface area (Å²) in [4.78, 5) is 2.38. The van der Waals surface area contributed by atoms with Gasteiger partial charge in [0, 0.05) is 28.1 Å². The first-order valence-electron chi connectivity index (χ1n) is 9.19. The van der Waals surface area contributed by atoms with Crippen LogP contribution < -0.4 is 15.0 Å². The number of rotatable bonds is 5. The number of nitrogens with one attached hydrogen (secondary N) is 1. The second kappa shape index (κ2) is 8.01. The molecule has 1 aliphatic heterocycles. The summed E-state index contributed by atoms with van der Waals surface area (Å²) < 4.78 is 42.4. The summed E-state index contributed by atoms with van der Waals surface area (Å²) in [5, 5.41) is 6.73. The van der Waals surface area contributed by atoms with Crippen molar-refractivity contribution < 1.29 is 17.9 Å². The van der Waals surface area contributed by atoms with E-state index in [4.69, 9.17) is 0 Å². The molecule has 0 saturated carbocycles. The number of ether oxygens (including phenoxy) is 1. The van der Waals surface area contributed by atoms with E-state index in [-0.39, 0.29) is 5.75 Å². The number of nitrogens with zero attached hydrogens (tertiary/aromatic N) is 1. The Bertz CT molecular complexity index is 917. The SMILES string of the molecule is FC(F)(F)Oc1ccc(CN(c2csc3cc[c]cc23)C2CCNCC2)cc1. The van der Waals surface area contributed by atoms with Crippen molar-refractivity contribution in [1.29, 1.82) is 0 Å². The number of thiophene rings is 1. The smallest absolute Gasteiger partial charge is 0.406 e. The monoisotopic (exact) mass is 405 g/mol. The van der Waals surface area contributed by atoms with Gasteiger partial charge in [0.2, 0.25) is 0 Å². The van der Waals surface area contributed by atoms with Gasteiger partial charge < -0.3 is 15.0 Å². The molecule has 2 heterocycles. The number of alkyl halides is 3. The molecular formula is C21H20F3N2OS. The van der Waals surface area contributed by atoms with Crippen LogP contribution in [0.5, 0.6) is 5.75 Å². The van der Waals surface area contributed by atoms with Crippen molar-refractivity contribution in [2.75, 3.05) is 18.0 Å². The fourth-order valence-corrected chi connectivity index (χ4v) is 4.58. The molecule has 147 valence electrons. The summed E-state index contributed by atoms with van der Waals surface area (Å²) >= 11 is 1.70. The van der Waals surface area contributed by atoms with Gasteiger partial charge in [0.1, 0.15) is 5.75 Å². The van der Waals surface area contributed by atoms with Gasteiger partial charge in [0.25, 0.3) is 0 Å². The maximum atomic E-state index is 12.4. The van der Waals surface area contributed by atoms with Crippen molar-refractivity contribution in [2.24, 2.45) is 0 Å². The van der Waals surface area contributed by atoms with E-state index >= 15 is 0 Å². The molecule has 0 amide bonds. The second-order valence-corrected chi connectivity index (χ2v) is 7.76. The third-order valence-electron chi connectivity index (χ3n) is 4.97. The Kier molecular flexibility index (Phi) is 5.46. The number of anilines is 1. The quantitative estimate of drug-likeness (QED) is 0.619. The van der Waals surface area contributed by atoms with E-state index in [1.165, 1.54) is 27.9 Å². The highest BCUT2D eigenvalue weighted by molar-refractivity contribution is 7.17. The Labute approximate surface area is 165 Å². The number of hydrogen-bond acceptors (Lipinski definition) is 4. The predicted octanol–water partition coefficient (Wildman–Crippen LogP) is 5.36. The number of benzene rings is 2. The molecule has 0 bridgehead atoms. The summed E-state index contributed by atoms with van der Waals surface area (Å²) in [7, 11) is 0. The largest absolute Gasteiger partial charge is 0.573 e. The molecule has 4 rings (SSSR count). The van der Waals surface area contributed by atoms with E-state index in [9.17, 15) is 13.2 Å². The van der Waals surface area contributed by atoms with E-state index < -0.39 is 6.36 Å². The summed E-state index contributed by atoms with van der Waals surface area (Å²) in [5.74, 6) is -0.194. The average Bonchev–Trinajstić information content (AvgIpc) is 3.11. The van der Waals surface area contributed by atoms with Crippen LogP contribution in [0.4, 0.5) is 18.9 Å². The van der Waals surface area contributed by atoms with Crippen LogP contribution >= 0.6 is 11.3 Å². The fourth-order valence-electron chi connectivity index (χ4n) is 3.65. The lowest BCUT2D eigenvalue weighted by Crippen LogP contribution is -2.42. The Morgan fingerprint density at radius 1 is 1.14 bits per heavy atom. The molecule has 3 aromatic rings. The molecule has 28 heavy (non-hydrogen) atoms. The maximum absolute atomic E-state index is 12.4. The van der Waals surface area contributed by atoms with Crippen LogP contribution in [-0.2, 0) is 6.54 Å². The van der Waals surface area contributed by atoms with Gasteiger partial charge in [-0.15, -0.1) is 24.5 Å². The molecule has 1 aromatic heterocycles. The van der Waals surface area contributed by atoms with Gasteiger partial charge in [-0.25, -0.2) is 0 Å². The first-order chi connectivity index (χ1) is 13.5. The van der Waals surface area contributed by atoms with Crippen LogP contribution in [0.3, 0.4) is 0 Å². The van der Waals surface area contributed by atoms with Gasteiger partial charge in [-0.2, -0.15) is 0 Å². The van der Waals surface area contributed by atoms with E-state index in [0.717, 1.165) is 31.5 Å². The van der Waals surface area contributed by atoms with Crippen molar-refractivity contribution in [1.82, 2.24) is 5.32 Å². The van der Waals surface area contributed by atoms with Gasteiger partial charge in [-0.05, 0) is 61.8 Å². The second-order valence-electron chi connectivity index (χ2n) is 6.84. The summed E-state index contributed by atoms with van der Waals surface area (Å²) in [5.41, 5.74) is 2.12. The Morgan fingerprint density at radius 3 is 2.61 bits per heavy atom. The lowest BCUT2D eigenvalue weighted by molar-refractivity contribution is -0.274. The summed E-state index contributed by atoms with van der Waals surface area (Å²) in [6, 6.07) is 15.7. The Morgan fingerprint density at radius 2 is 1.89 bits per heavy atom. The highest BCUT2D eigenvalue weighted by atomic mass is 32.1. The van der Waals surface area contributed by atoms with Gasteiger partial charge in [-0.3, -0.25) is 0 Å². The number of fused-ring (bicyclic) bond motifs is 1. The molecule has 7 heteroatoms. The zero-order chi connectivity index (χ0) is 19.6. The number of halogens is 3. The predicted molar refractivity (Wildman–Crippen MR) is 106 cm³/mol. The fraction of sp³-hybridized carbons (Fsp3) is 0.333. The molecule has 1 saturated heterocycles. The topological polar surface area (TPSA) is 24.5 Å². The minimum Gasteiger partial charge on any atom is -0.406 e. The third-order valence-corrected chi connectivity index (χ3v) is 5.92. The molecule has 1 fully saturated rings. The van der Waals surface area contributed by atoms with Crippen LogP contribution in [0.1, 0.15) is 18.4 Å². The lowest BCUT2D eigenvalue weighted by atomic mass is 10.0. The highest BCUT2D eigenvalue weighted by Gasteiger charge is 2.31. The van der Waals surface area contributed by atoms with Crippen molar-refractivity contribution in [2.45, 2.75) is 31.8 Å². The highest BCUT2D eigenvalue weighted by Crippen LogP contribution is 2.36. The standard InChI is InChI=1S/C21H20F3N2OS/c22-21(23,24)27-17-7-5-15(6-8-17)13-26(16-9-11-25-12-10-16)19-14-28-20-4-2-1-3-18(19)20/h2-8,14,16,25H,9-13H2. The average molecular weight is 405 g/mol. The molecule has 3 nitrogen and oxygen atoms in total. The summed E-state index contributed by atoms with van der Waals surface area (Å²) in [6.45, 7) is 2.57. The Balaban J connectivity index is 1.61. The molecule has 1 aliphatic rings. The Hall–Kier alpha value is -2.25. The molecule has 0 spiro atoms. The maximum Gasteiger partial charge on any atom is 0.573 e. The minimum atomic E-state index is -4.67. The molecule has 2 aromatic carbocycles. The molecule has 1 radical (unpaired) electrons. The van der Waals surface area contributed by atoms with Crippen molar-refractivity contribution in [3.8, 4) is 5.75 Å². The van der Waals surface area contributed by atoms with Crippen molar-refractivity contribution >= 4 is 27.1 Å². The van der Waals surface area contributed by atoms with Crippen LogP contribution in [0.2, 0.25) is 0 Å². The first-order valence-corrected chi connectivity index (χ1v) is 10.1. The first kappa shape index (κ1) is 19.1. The van der Waals surface area contributed by atoms with E-state index in [2.05, 4.69) is 32.5 Å². The van der Waals surface area contributed by atoms with E-state index in [1.54, 1.807) is 23.5 Å². The van der Waals surface area contributed by atoms with Crippen molar-refractivity contribution in [3.63, 3.8) is 0 Å². The van der Waals surface area contributed by atoms with Crippen LogP contribution in [0.15, 0.2) is 47.8 Å². The zero-order valence-electron chi connectivity index (χ0n) is 15.1. The molecule has 1 N–H and O–H groups in total. The number of piperidine rings is 1. The van der Waals surface area contributed by atoms with Crippen LogP contribution in [0.25, 0.3) is 10.1 Å². The van der Waals surface area contributed by atoms with E-state index in [0.29, 0.717) is 12.6 Å². The van der Waals surface area contributed by atoms with Gasteiger partial charge >= 0.3 is 6.36 Å².